The number of ether oxygens (including phenoxy) is 1. The van der Waals surface area contributed by atoms with Crippen molar-refractivity contribution in [3.63, 3.8) is 0 Å². The van der Waals surface area contributed by atoms with Crippen LogP contribution in [0.25, 0.3) is 0 Å². The van der Waals surface area contributed by atoms with E-state index in [1.807, 2.05) is 0 Å². The minimum Gasteiger partial charge on any atom is -0.495 e. The van der Waals surface area contributed by atoms with Crippen LogP contribution in [0.1, 0.15) is 0 Å². The van der Waals surface area contributed by atoms with Gasteiger partial charge in [0.05, 0.1) is 12.1 Å². The topological polar surface area (TPSA) is 67.4 Å². The van der Waals surface area contributed by atoms with E-state index in [1.165, 1.54) is 37.4 Å². The first kappa shape index (κ1) is 15.8. The summed E-state index contributed by atoms with van der Waals surface area (Å²) in [5, 5.41) is 5.06. The molecule has 0 atom stereocenters. The first-order valence-electron chi connectivity index (χ1n) is 6.21. The van der Waals surface area contributed by atoms with Crippen molar-refractivity contribution in [2.75, 3.05) is 17.7 Å². The standard InChI is InChI=1S/C15H12ClFN2O3/c1-22-13-7-6-11(8-12(13)16)19-15(21)14(20)18-10-4-2-9(17)3-5-10/h2-8H,1H3,(H,18,20)(H,19,21). The van der Waals surface area contributed by atoms with Crippen molar-refractivity contribution in [3.8, 4) is 5.75 Å². The van der Waals surface area contributed by atoms with Gasteiger partial charge in [0, 0.05) is 11.4 Å². The van der Waals surface area contributed by atoms with E-state index in [-0.39, 0.29) is 0 Å². The third kappa shape index (κ3) is 3.95. The molecule has 0 aliphatic carbocycles. The van der Waals surface area contributed by atoms with Crippen molar-refractivity contribution in [1.82, 2.24) is 0 Å². The molecule has 22 heavy (non-hydrogen) atoms. The number of nitrogens with one attached hydrogen (secondary N) is 2. The van der Waals surface area contributed by atoms with E-state index in [4.69, 9.17) is 16.3 Å². The van der Waals surface area contributed by atoms with Crippen molar-refractivity contribution in [2.45, 2.75) is 0 Å². The summed E-state index contributed by atoms with van der Waals surface area (Å²) >= 11 is 5.92. The zero-order valence-corrected chi connectivity index (χ0v) is 12.3. The second kappa shape index (κ2) is 6.91. The lowest BCUT2D eigenvalue weighted by atomic mass is 10.3. The van der Waals surface area contributed by atoms with Crippen LogP contribution in [0.2, 0.25) is 5.02 Å². The van der Waals surface area contributed by atoms with E-state index in [9.17, 15) is 14.0 Å². The Balaban J connectivity index is 2.00. The second-order valence-electron chi connectivity index (χ2n) is 4.26. The highest BCUT2D eigenvalue weighted by Gasteiger charge is 2.14. The van der Waals surface area contributed by atoms with Crippen LogP contribution in [-0.4, -0.2) is 18.9 Å². The summed E-state index contributed by atoms with van der Waals surface area (Å²) in [6.07, 6.45) is 0. The van der Waals surface area contributed by atoms with Gasteiger partial charge >= 0.3 is 11.8 Å². The van der Waals surface area contributed by atoms with Crippen molar-refractivity contribution in [2.24, 2.45) is 0 Å². The van der Waals surface area contributed by atoms with Gasteiger partial charge in [-0.3, -0.25) is 9.59 Å². The highest BCUT2D eigenvalue weighted by Crippen LogP contribution is 2.27. The Morgan fingerprint density at radius 3 is 2.09 bits per heavy atom. The number of amides is 2. The number of anilines is 2. The number of halogens is 2. The van der Waals surface area contributed by atoms with Gasteiger partial charge in [-0.05, 0) is 42.5 Å². The van der Waals surface area contributed by atoms with E-state index in [2.05, 4.69) is 10.6 Å². The molecule has 5 nitrogen and oxygen atoms in total. The molecule has 0 aromatic heterocycles. The van der Waals surface area contributed by atoms with E-state index in [0.717, 1.165) is 0 Å². The van der Waals surface area contributed by atoms with Crippen molar-refractivity contribution < 1.29 is 18.7 Å². The molecule has 0 saturated heterocycles. The zero-order chi connectivity index (χ0) is 16.1. The number of benzene rings is 2. The summed E-state index contributed by atoms with van der Waals surface area (Å²) < 4.78 is 17.7. The largest absolute Gasteiger partial charge is 0.495 e. The number of rotatable bonds is 3. The normalized spacial score (nSPS) is 9.95. The quantitative estimate of drug-likeness (QED) is 0.853. The molecule has 0 fully saturated rings. The third-order valence-corrected chi connectivity index (χ3v) is 3.01. The monoisotopic (exact) mass is 322 g/mol. The average Bonchev–Trinajstić information content (AvgIpc) is 2.49. The first-order chi connectivity index (χ1) is 10.5. The molecular weight excluding hydrogens is 311 g/mol. The van der Waals surface area contributed by atoms with Gasteiger partial charge in [0.25, 0.3) is 0 Å². The fraction of sp³-hybridized carbons (Fsp3) is 0.0667. The van der Waals surface area contributed by atoms with E-state index < -0.39 is 17.6 Å². The van der Waals surface area contributed by atoms with E-state index in [1.54, 1.807) is 12.1 Å². The minimum absolute atomic E-state index is 0.305. The molecule has 0 saturated carbocycles. The van der Waals surface area contributed by atoms with E-state index >= 15 is 0 Å². The molecule has 7 heteroatoms. The van der Waals surface area contributed by atoms with Crippen LogP contribution in [0.4, 0.5) is 15.8 Å². The highest BCUT2D eigenvalue weighted by molar-refractivity contribution is 6.43. The summed E-state index contributed by atoms with van der Waals surface area (Å²) in [5.41, 5.74) is 0.666. The van der Waals surface area contributed by atoms with Crippen molar-refractivity contribution >= 4 is 34.8 Å². The van der Waals surface area contributed by atoms with Crippen LogP contribution >= 0.6 is 11.6 Å². The maximum absolute atomic E-state index is 12.8. The molecule has 0 radical (unpaired) electrons. The Labute approximate surface area is 131 Å². The summed E-state index contributed by atoms with van der Waals surface area (Å²) in [7, 11) is 1.47. The summed E-state index contributed by atoms with van der Waals surface area (Å²) in [4.78, 5) is 23.5. The van der Waals surface area contributed by atoms with Crippen LogP contribution in [0.3, 0.4) is 0 Å². The smallest absolute Gasteiger partial charge is 0.314 e. The number of carbonyl (C=O) groups excluding carboxylic acids is 2. The van der Waals surface area contributed by atoms with Crippen LogP contribution in [0.5, 0.6) is 5.75 Å². The lowest BCUT2D eigenvalue weighted by Gasteiger charge is -2.08. The number of hydrogen-bond acceptors (Lipinski definition) is 3. The summed E-state index contributed by atoms with van der Waals surface area (Å²) in [6.45, 7) is 0. The molecule has 2 aromatic carbocycles. The van der Waals surface area contributed by atoms with Crippen LogP contribution in [-0.2, 0) is 9.59 Å². The molecule has 0 unspecified atom stereocenters. The highest BCUT2D eigenvalue weighted by atomic mass is 35.5. The van der Waals surface area contributed by atoms with Gasteiger partial charge < -0.3 is 15.4 Å². The number of hydrogen-bond donors (Lipinski definition) is 2. The maximum atomic E-state index is 12.8. The van der Waals surface area contributed by atoms with Gasteiger partial charge in [0.1, 0.15) is 11.6 Å². The van der Waals surface area contributed by atoms with Gasteiger partial charge in [0.2, 0.25) is 0 Å². The Hall–Kier alpha value is -2.60. The van der Waals surface area contributed by atoms with Crippen LogP contribution in [0, 0.1) is 5.82 Å². The van der Waals surface area contributed by atoms with Gasteiger partial charge in [-0.25, -0.2) is 4.39 Å². The number of carbonyl (C=O) groups is 2. The fourth-order valence-corrected chi connectivity index (χ4v) is 1.91. The SMILES string of the molecule is COc1ccc(NC(=O)C(=O)Nc2ccc(F)cc2)cc1Cl. The molecule has 0 aliphatic rings. The molecule has 0 spiro atoms. The average molecular weight is 323 g/mol. The fourth-order valence-electron chi connectivity index (χ4n) is 1.65. The third-order valence-electron chi connectivity index (χ3n) is 2.72. The Morgan fingerprint density at radius 1 is 1.00 bits per heavy atom. The molecule has 0 bridgehead atoms. The molecule has 114 valence electrons. The summed E-state index contributed by atoms with van der Waals surface area (Å²) in [6, 6.07) is 9.64. The van der Waals surface area contributed by atoms with Crippen molar-refractivity contribution in [1.29, 1.82) is 0 Å². The molecule has 0 aliphatic heterocycles. The number of methoxy groups -OCH3 is 1. The predicted octanol–water partition coefficient (Wildman–Crippen LogP) is 3.06. The Morgan fingerprint density at radius 2 is 1.55 bits per heavy atom. The zero-order valence-electron chi connectivity index (χ0n) is 11.5. The van der Waals surface area contributed by atoms with Gasteiger partial charge in [-0.15, -0.1) is 0 Å². The maximum Gasteiger partial charge on any atom is 0.314 e. The Kier molecular flexibility index (Phi) is 4.95. The lowest BCUT2D eigenvalue weighted by molar-refractivity contribution is -0.132. The van der Waals surface area contributed by atoms with E-state index in [0.29, 0.717) is 22.1 Å². The van der Waals surface area contributed by atoms with Crippen LogP contribution in [0.15, 0.2) is 42.5 Å². The molecular formula is C15H12ClFN2O3. The second-order valence-corrected chi connectivity index (χ2v) is 4.67. The summed E-state index contributed by atoms with van der Waals surface area (Å²) in [5.74, 6) is -1.73. The van der Waals surface area contributed by atoms with Crippen molar-refractivity contribution in [3.05, 3.63) is 53.3 Å². The molecule has 2 aromatic rings. The minimum atomic E-state index is -0.876. The van der Waals surface area contributed by atoms with Gasteiger partial charge in [-0.1, -0.05) is 11.6 Å². The molecule has 0 heterocycles. The van der Waals surface area contributed by atoms with Crippen LogP contribution < -0.4 is 15.4 Å². The molecule has 2 rings (SSSR count). The first-order valence-corrected chi connectivity index (χ1v) is 6.59. The lowest BCUT2D eigenvalue weighted by Crippen LogP contribution is -2.29. The molecule has 2 N–H and O–H groups in total. The Bertz CT molecular complexity index is 704. The van der Waals surface area contributed by atoms with Gasteiger partial charge in [-0.2, -0.15) is 0 Å². The molecule has 2 amide bonds. The predicted molar refractivity (Wildman–Crippen MR) is 81.7 cm³/mol. The van der Waals surface area contributed by atoms with Gasteiger partial charge in [0.15, 0.2) is 0 Å².